The largest absolute Gasteiger partial charge is 0.490 e. The Kier molecular flexibility index (Phi) is 6.93. The normalized spacial score (nSPS) is 10.8. The molecule has 4 nitrogen and oxygen atoms in total. The van der Waals surface area contributed by atoms with E-state index >= 15 is 0 Å². The Balaban J connectivity index is 1.67. The van der Waals surface area contributed by atoms with E-state index in [1.54, 1.807) is 6.21 Å². The van der Waals surface area contributed by atoms with Crippen LogP contribution in [0.2, 0.25) is 5.02 Å². The van der Waals surface area contributed by atoms with Crippen LogP contribution in [0.5, 0.6) is 11.5 Å². The summed E-state index contributed by atoms with van der Waals surface area (Å²) in [6.45, 7) is 4.97. The first-order valence-electron chi connectivity index (χ1n) is 9.14. The lowest BCUT2D eigenvalue weighted by molar-refractivity contribution is 0.269. The molecule has 3 rings (SSSR count). The zero-order valence-corrected chi connectivity index (χ0v) is 16.7. The lowest BCUT2D eigenvalue weighted by Gasteiger charge is -2.13. The Hall–Kier alpha value is -2.98. The minimum absolute atomic E-state index is 0.420. The van der Waals surface area contributed by atoms with Gasteiger partial charge in [-0.15, -0.1) is 0 Å². The van der Waals surface area contributed by atoms with Gasteiger partial charge in [0.15, 0.2) is 11.5 Å². The molecule has 0 heterocycles. The van der Waals surface area contributed by atoms with Crippen LogP contribution in [0.1, 0.15) is 23.6 Å². The van der Waals surface area contributed by atoms with Crippen LogP contribution in [-0.2, 0) is 6.61 Å². The second-order valence-electron chi connectivity index (χ2n) is 6.29. The van der Waals surface area contributed by atoms with Crippen molar-refractivity contribution in [3.63, 3.8) is 0 Å². The van der Waals surface area contributed by atoms with E-state index in [1.807, 2.05) is 73.7 Å². The second kappa shape index (κ2) is 9.81. The summed E-state index contributed by atoms with van der Waals surface area (Å²) in [4.78, 5) is 0. The molecule has 144 valence electrons. The van der Waals surface area contributed by atoms with Gasteiger partial charge in [0.1, 0.15) is 6.61 Å². The average molecular weight is 395 g/mol. The number of benzene rings is 3. The number of hydrogen-bond acceptors (Lipinski definition) is 4. The van der Waals surface area contributed by atoms with E-state index in [0.29, 0.717) is 29.7 Å². The van der Waals surface area contributed by atoms with E-state index < -0.39 is 0 Å². The fourth-order valence-electron chi connectivity index (χ4n) is 2.59. The van der Waals surface area contributed by atoms with E-state index in [0.717, 1.165) is 16.8 Å². The molecule has 1 N–H and O–H groups in total. The van der Waals surface area contributed by atoms with E-state index in [2.05, 4.69) is 17.5 Å². The monoisotopic (exact) mass is 394 g/mol. The molecule has 0 atom stereocenters. The highest BCUT2D eigenvalue weighted by atomic mass is 35.5. The van der Waals surface area contributed by atoms with Crippen LogP contribution in [0.25, 0.3) is 0 Å². The smallest absolute Gasteiger partial charge is 0.161 e. The molecule has 0 spiro atoms. The molecular formula is C23H23ClN2O2. The number of hydrazone groups is 1. The third kappa shape index (κ3) is 5.76. The lowest BCUT2D eigenvalue weighted by Crippen LogP contribution is -2.00. The third-order valence-corrected chi connectivity index (χ3v) is 4.24. The number of ether oxygens (including phenoxy) is 2. The molecule has 5 heteroatoms. The van der Waals surface area contributed by atoms with Crippen molar-refractivity contribution in [3.05, 3.63) is 88.4 Å². The maximum atomic E-state index is 6.03. The molecule has 0 aromatic heterocycles. The van der Waals surface area contributed by atoms with Gasteiger partial charge >= 0.3 is 0 Å². The Labute approximate surface area is 170 Å². The van der Waals surface area contributed by atoms with Crippen molar-refractivity contribution < 1.29 is 9.47 Å². The van der Waals surface area contributed by atoms with Crippen molar-refractivity contribution in [3.8, 4) is 11.5 Å². The number of nitrogens with one attached hydrogen (secondary N) is 1. The van der Waals surface area contributed by atoms with Gasteiger partial charge in [-0.25, -0.2) is 0 Å². The summed E-state index contributed by atoms with van der Waals surface area (Å²) in [6, 6.07) is 21.4. The molecule has 0 aliphatic carbocycles. The Morgan fingerprint density at radius 3 is 2.54 bits per heavy atom. The van der Waals surface area contributed by atoms with Gasteiger partial charge < -0.3 is 9.47 Å². The fourth-order valence-corrected chi connectivity index (χ4v) is 2.80. The molecule has 3 aromatic rings. The fraction of sp³-hybridized carbons (Fsp3) is 0.174. The predicted octanol–water partition coefficient (Wildman–Crippen LogP) is 6.07. The van der Waals surface area contributed by atoms with Gasteiger partial charge in [0.05, 0.1) is 18.5 Å². The van der Waals surface area contributed by atoms with Gasteiger partial charge in [-0.05, 0) is 67.4 Å². The third-order valence-electron chi connectivity index (χ3n) is 4.01. The van der Waals surface area contributed by atoms with Crippen LogP contribution in [0.15, 0.2) is 71.8 Å². The van der Waals surface area contributed by atoms with Crippen LogP contribution in [0.4, 0.5) is 5.69 Å². The summed E-state index contributed by atoms with van der Waals surface area (Å²) in [7, 11) is 0. The van der Waals surface area contributed by atoms with Crippen LogP contribution in [0.3, 0.4) is 0 Å². The van der Waals surface area contributed by atoms with Crippen LogP contribution < -0.4 is 14.9 Å². The topological polar surface area (TPSA) is 42.8 Å². The highest BCUT2D eigenvalue weighted by Crippen LogP contribution is 2.29. The number of rotatable bonds is 8. The van der Waals surface area contributed by atoms with Crippen molar-refractivity contribution in [2.45, 2.75) is 20.5 Å². The average Bonchev–Trinajstić information content (AvgIpc) is 2.69. The number of aryl methyl sites for hydroxylation is 1. The van der Waals surface area contributed by atoms with Crippen LogP contribution in [-0.4, -0.2) is 12.8 Å². The molecule has 0 saturated carbocycles. The van der Waals surface area contributed by atoms with Gasteiger partial charge in [-0.3, -0.25) is 5.43 Å². The van der Waals surface area contributed by atoms with Gasteiger partial charge in [0.2, 0.25) is 0 Å². The first kappa shape index (κ1) is 19.8. The SMILES string of the molecule is CCOc1cc(/C=N/Nc2ccc(C)cc2)ccc1OCc1cccc(Cl)c1. The van der Waals surface area contributed by atoms with Gasteiger partial charge in [-0.2, -0.15) is 5.10 Å². The van der Waals surface area contributed by atoms with E-state index in [1.165, 1.54) is 5.56 Å². The van der Waals surface area contributed by atoms with Crippen molar-refractivity contribution in [1.29, 1.82) is 0 Å². The minimum atomic E-state index is 0.420. The predicted molar refractivity (Wildman–Crippen MR) is 116 cm³/mol. The summed E-state index contributed by atoms with van der Waals surface area (Å²) in [6.07, 6.45) is 1.75. The number of halogens is 1. The number of hydrogen-bond donors (Lipinski definition) is 1. The van der Waals surface area contributed by atoms with Gasteiger partial charge in [0, 0.05) is 5.02 Å². The maximum Gasteiger partial charge on any atom is 0.161 e. The van der Waals surface area contributed by atoms with Crippen LogP contribution in [0, 0.1) is 6.92 Å². The maximum absolute atomic E-state index is 6.03. The number of anilines is 1. The Morgan fingerprint density at radius 2 is 1.79 bits per heavy atom. The molecule has 0 aliphatic rings. The van der Waals surface area contributed by atoms with Crippen molar-refractivity contribution in [2.24, 2.45) is 5.10 Å². The van der Waals surface area contributed by atoms with Gasteiger partial charge in [-0.1, -0.05) is 41.4 Å². The zero-order chi connectivity index (χ0) is 19.8. The molecule has 28 heavy (non-hydrogen) atoms. The Morgan fingerprint density at radius 1 is 0.964 bits per heavy atom. The molecule has 0 radical (unpaired) electrons. The molecule has 0 saturated heterocycles. The van der Waals surface area contributed by atoms with E-state index in [9.17, 15) is 0 Å². The quantitative estimate of drug-likeness (QED) is 0.372. The van der Waals surface area contributed by atoms with Gasteiger partial charge in [0.25, 0.3) is 0 Å². The first-order chi connectivity index (χ1) is 13.6. The molecule has 0 bridgehead atoms. The van der Waals surface area contributed by atoms with Crippen molar-refractivity contribution >= 4 is 23.5 Å². The summed E-state index contributed by atoms with van der Waals surface area (Å²) in [5, 5.41) is 4.98. The molecular weight excluding hydrogens is 372 g/mol. The first-order valence-corrected chi connectivity index (χ1v) is 9.51. The lowest BCUT2D eigenvalue weighted by atomic mass is 10.2. The summed E-state index contributed by atoms with van der Waals surface area (Å²) in [5.41, 5.74) is 7.09. The highest BCUT2D eigenvalue weighted by Gasteiger charge is 2.07. The second-order valence-corrected chi connectivity index (χ2v) is 6.73. The molecule has 0 aliphatic heterocycles. The minimum Gasteiger partial charge on any atom is -0.490 e. The zero-order valence-electron chi connectivity index (χ0n) is 16.0. The molecule has 0 amide bonds. The molecule has 0 fully saturated rings. The standard InChI is InChI=1S/C23H23ClN2O2/c1-3-27-23-14-18(15-25-26-21-10-7-17(2)8-11-21)9-12-22(23)28-16-19-5-4-6-20(24)13-19/h4-15,26H,3,16H2,1-2H3/b25-15+. The number of nitrogens with zero attached hydrogens (tertiary/aromatic N) is 1. The van der Waals surface area contributed by atoms with Crippen molar-refractivity contribution in [1.82, 2.24) is 0 Å². The molecule has 3 aromatic carbocycles. The van der Waals surface area contributed by atoms with E-state index in [-0.39, 0.29) is 0 Å². The highest BCUT2D eigenvalue weighted by molar-refractivity contribution is 6.30. The summed E-state index contributed by atoms with van der Waals surface area (Å²) in [5.74, 6) is 1.37. The summed E-state index contributed by atoms with van der Waals surface area (Å²) < 4.78 is 11.7. The summed E-state index contributed by atoms with van der Waals surface area (Å²) >= 11 is 6.03. The van der Waals surface area contributed by atoms with E-state index in [4.69, 9.17) is 21.1 Å². The molecule has 0 unspecified atom stereocenters. The van der Waals surface area contributed by atoms with Crippen molar-refractivity contribution in [2.75, 3.05) is 12.0 Å². The Bertz CT molecular complexity index is 940. The van der Waals surface area contributed by atoms with Crippen LogP contribution >= 0.6 is 11.6 Å².